The van der Waals surface area contributed by atoms with Crippen LogP contribution in [-0.2, 0) is 11.2 Å². The smallest absolute Gasteiger partial charge is 0.0587 e. The summed E-state index contributed by atoms with van der Waals surface area (Å²) in [5.41, 5.74) is 1.38. The minimum atomic E-state index is 0.172. The van der Waals surface area contributed by atoms with Gasteiger partial charge in [0.05, 0.1) is 6.61 Å². The van der Waals surface area contributed by atoms with Gasteiger partial charge in [-0.05, 0) is 35.4 Å². The van der Waals surface area contributed by atoms with E-state index in [0.717, 1.165) is 35.6 Å². The molecule has 114 valence electrons. The Morgan fingerprint density at radius 3 is 2.65 bits per heavy atom. The first kappa shape index (κ1) is 18.0. The number of methoxy groups -OCH3 is 1. The Hall–Kier alpha value is -0.0900. The van der Waals surface area contributed by atoms with E-state index in [0.29, 0.717) is 5.92 Å². The summed E-state index contributed by atoms with van der Waals surface area (Å²) in [5.74, 6) is 0.567. The normalized spacial score (nSPS) is 14.6. The maximum atomic E-state index is 6.35. The molecule has 0 fully saturated rings. The molecular weight excluding hydrogens is 338 g/mol. The van der Waals surface area contributed by atoms with E-state index in [2.05, 4.69) is 54.2 Å². The molecule has 1 aromatic rings. The van der Waals surface area contributed by atoms with Gasteiger partial charge >= 0.3 is 0 Å². The van der Waals surface area contributed by atoms with Gasteiger partial charge in [0.2, 0.25) is 0 Å². The fourth-order valence-corrected chi connectivity index (χ4v) is 2.86. The molecule has 1 rings (SSSR count). The molecule has 1 N–H and O–H groups in total. The zero-order valence-corrected chi connectivity index (χ0v) is 15.1. The Balaban J connectivity index is 2.74. The third-order valence-corrected chi connectivity index (χ3v) is 4.86. The Labute approximate surface area is 136 Å². The quantitative estimate of drug-likeness (QED) is 0.685. The topological polar surface area (TPSA) is 21.3 Å². The lowest BCUT2D eigenvalue weighted by Gasteiger charge is -2.34. The Morgan fingerprint density at radius 2 is 2.10 bits per heavy atom. The number of benzene rings is 1. The monoisotopic (exact) mass is 361 g/mol. The van der Waals surface area contributed by atoms with Crippen LogP contribution >= 0.6 is 27.5 Å². The predicted molar refractivity (Wildman–Crippen MR) is 90.5 cm³/mol. The van der Waals surface area contributed by atoms with E-state index in [1.165, 1.54) is 5.56 Å². The van der Waals surface area contributed by atoms with Gasteiger partial charge in [0.25, 0.3) is 0 Å². The van der Waals surface area contributed by atoms with Gasteiger partial charge in [-0.25, -0.2) is 0 Å². The van der Waals surface area contributed by atoms with Crippen molar-refractivity contribution in [3.8, 4) is 0 Å². The van der Waals surface area contributed by atoms with E-state index in [4.69, 9.17) is 16.3 Å². The summed E-state index contributed by atoms with van der Waals surface area (Å²) in [6.45, 7) is 9.44. The first-order valence-electron chi connectivity index (χ1n) is 7.02. The van der Waals surface area contributed by atoms with Crippen LogP contribution in [0.5, 0.6) is 0 Å². The standard InChI is InChI=1S/C16H25BrClNO/c1-12(2)16(3,11-19-7-8-20-4)10-13-5-6-14(17)9-15(13)18/h5-6,9,12,19H,7-8,10-11H2,1-4H3. The van der Waals surface area contributed by atoms with Crippen molar-refractivity contribution in [2.75, 3.05) is 26.8 Å². The van der Waals surface area contributed by atoms with Crippen LogP contribution < -0.4 is 5.32 Å². The molecule has 0 bridgehead atoms. The molecule has 0 aliphatic carbocycles. The van der Waals surface area contributed by atoms with Crippen LogP contribution in [-0.4, -0.2) is 26.8 Å². The molecule has 1 atom stereocenters. The van der Waals surface area contributed by atoms with Crippen LogP contribution in [0.25, 0.3) is 0 Å². The van der Waals surface area contributed by atoms with Crippen molar-refractivity contribution in [3.05, 3.63) is 33.3 Å². The van der Waals surface area contributed by atoms with Gasteiger partial charge in [-0.2, -0.15) is 0 Å². The van der Waals surface area contributed by atoms with Gasteiger partial charge in [0, 0.05) is 29.7 Å². The molecule has 0 spiro atoms. The molecule has 0 aliphatic rings. The minimum absolute atomic E-state index is 0.172. The summed E-state index contributed by atoms with van der Waals surface area (Å²) >= 11 is 9.81. The summed E-state index contributed by atoms with van der Waals surface area (Å²) in [7, 11) is 1.73. The van der Waals surface area contributed by atoms with E-state index < -0.39 is 0 Å². The van der Waals surface area contributed by atoms with Crippen LogP contribution in [0, 0.1) is 11.3 Å². The van der Waals surface area contributed by atoms with Crippen LogP contribution in [0.2, 0.25) is 5.02 Å². The fraction of sp³-hybridized carbons (Fsp3) is 0.625. The second-order valence-corrected chi connectivity index (χ2v) is 7.21. The van der Waals surface area contributed by atoms with Crippen molar-refractivity contribution in [1.29, 1.82) is 0 Å². The minimum Gasteiger partial charge on any atom is -0.383 e. The average molecular weight is 363 g/mol. The largest absolute Gasteiger partial charge is 0.383 e. The SMILES string of the molecule is COCCNCC(C)(Cc1ccc(Br)cc1Cl)C(C)C. The van der Waals surface area contributed by atoms with Crippen molar-refractivity contribution in [2.45, 2.75) is 27.2 Å². The molecule has 0 saturated carbocycles. The molecule has 4 heteroatoms. The Bertz CT molecular complexity index is 425. The molecular formula is C16H25BrClNO. The maximum Gasteiger partial charge on any atom is 0.0587 e. The zero-order chi connectivity index (χ0) is 15.2. The number of hydrogen-bond donors (Lipinski definition) is 1. The number of hydrogen-bond acceptors (Lipinski definition) is 2. The summed E-state index contributed by atoms with van der Waals surface area (Å²) in [5, 5.41) is 4.32. The third-order valence-electron chi connectivity index (χ3n) is 4.02. The lowest BCUT2D eigenvalue weighted by molar-refractivity contribution is 0.175. The van der Waals surface area contributed by atoms with E-state index in [-0.39, 0.29) is 5.41 Å². The van der Waals surface area contributed by atoms with Crippen molar-refractivity contribution >= 4 is 27.5 Å². The molecule has 20 heavy (non-hydrogen) atoms. The van der Waals surface area contributed by atoms with Crippen LogP contribution in [0.15, 0.2) is 22.7 Å². The van der Waals surface area contributed by atoms with Crippen molar-refractivity contribution < 1.29 is 4.74 Å². The average Bonchev–Trinajstić information content (AvgIpc) is 2.38. The second-order valence-electron chi connectivity index (χ2n) is 5.89. The molecule has 1 aromatic carbocycles. The first-order chi connectivity index (χ1) is 9.39. The number of ether oxygens (including phenoxy) is 1. The lowest BCUT2D eigenvalue weighted by Crippen LogP contribution is -2.39. The van der Waals surface area contributed by atoms with Gasteiger partial charge in [-0.3, -0.25) is 0 Å². The van der Waals surface area contributed by atoms with Gasteiger partial charge in [-0.15, -0.1) is 0 Å². The maximum absolute atomic E-state index is 6.35. The number of nitrogens with one attached hydrogen (secondary N) is 1. The Kier molecular flexibility index (Phi) is 7.52. The summed E-state index contributed by atoms with van der Waals surface area (Å²) in [4.78, 5) is 0. The zero-order valence-electron chi connectivity index (χ0n) is 12.8. The highest BCUT2D eigenvalue weighted by atomic mass is 79.9. The van der Waals surface area contributed by atoms with E-state index in [1.54, 1.807) is 7.11 Å². The van der Waals surface area contributed by atoms with E-state index in [1.807, 2.05) is 6.07 Å². The van der Waals surface area contributed by atoms with Gasteiger partial charge < -0.3 is 10.1 Å². The fourth-order valence-electron chi connectivity index (χ4n) is 2.12. The first-order valence-corrected chi connectivity index (χ1v) is 8.20. The lowest BCUT2D eigenvalue weighted by atomic mass is 9.74. The molecule has 0 aliphatic heterocycles. The van der Waals surface area contributed by atoms with Crippen molar-refractivity contribution in [3.63, 3.8) is 0 Å². The molecule has 0 radical (unpaired) electrons. The number of halogens is 2. The highest BCUT2D eigenvalue weighted by molar-refractivity contribution is 9.10. The van der Waals surface area contributed by atoms with Gasteiger partial charge in [-0.1, -0.05) is 54.4 Å². The highest BCUT2D eigenvalue weighted by Crippen LogP contribution is 2.34. The van der Waals surface area contributed by atoms with Gasteiger partial charge in [0.15, 0.2) is 0 Å². The summed E-state index contributed by atoms with van der Waals surface area (Å²) in [6, 6.07) is 6.14. The highest BCUT2D eigenvalue weighted by Gasteiger charge is 2.29. The second kappa shape index (κ2) is 8.38. The van der Waals surface area contributed by atoms with Crippen LogP contribution in [0.1, 0.15) is 26.3 Å². The van der Waals surface area contributed by atoms with Crippen LogP contribution in [0.3, 0.4) is 0 Å². The third kappa shape index (κ3) is 5.36. The molecule has 0 aromatic heterocycles. The van der Waals surface area contributed by atoms with E-state index in [9.17, 15) is 0 Å². The van der Waals surface area contributed by atoms with Crippen molar-refractivity contribution in [1.82, 2.24) is 5.32 Å². The number of rotatable bonds is 8. The molecule has 2 nitrogen and oxygen atoms in total. The molecule has 1 unspecified atom stereocenters. The van der Waals surface area contributed by atoms with E-state index >= 15 is 0 Å². The molecule has 0 amide bonds. The molecule has 0 saturated heterocycles. The summed E-state index contributed by atoms with van der Waals surface area (Å²) in [6.07, 6.45) is 0.969. The Morgan fingerprint density at radius 1 is 1.40 bits per heavy atom. The van der Waals surface area contributed by atoms with Crippen LogP contribution in [0.4, 0.5) is 0 Å². The predicted octanol–water partition coefficient (Wildman–Crippen LogP) is 4.54. The van der Waals surface area contributed by atoms with Crippen molar-refractivity contribution in [2.24, 2.45) is 11.3 Å². The molecule has 0 heterocycles. The van der Waals surface area contributed by atoms with Gasteiger partial charge in [0.1, 0.15) is 0 Å². The summed E-state index contributed by atoms with van der Waals surface area (Å²) < 4.78 is 6.10.